The van der Waals surface area contributed by atoms with Crippen LogP contribution in [0.2, 0.25) is 0 Å². The lowest BCUT2D eigenvalue weighted by atomic mass is 10.3. The molecule has 0 aliphatic rings. The number of nitrogens with one attached hydrogen (secondary N) is 1. The van der Waals surface area contributed by atoms with E-state index in [9.17, 15) is 10.1 Å². The summed E-state index contributed by atoms with van der Waals surface area (Å²) < 4.78 is 0. The first-order valence-corrected chi connectivity index (χ1v) is 5.82. The average molecular weight is 250 g/mol. The number of thiazole rings is 1. The SMILES string of the molecule is CC(Nc1cccnc1[N+](=O)[O-])c1nccs1. The van der Waals surface area contributed by atoms with E-state index in [4.69, 9.17) is 0 Å². The number of aromatic nitrogens is 2. The quantitative estimate of drug-likeness (QED) is 0.666. The van der Waals surface area contributed by atoms with Crippen LogP contribution in [0.15, 0.2) is 29.9 Å². The van der Waals surface area contributed by atoms with E-state index in [2.05, 4.69) is 15.3 Å². The second kappa shape index (κ2) is 4.88. The maximum absolute atomic E-state index is 10.8. The molecule has 2 heterocycles. The number of pyridine rings is 1. The zero-order valence-corrected chi connectivity index (χ0v) is 9.85. The Kier molecular flexibility index (Phi) is 3.29. The van der Waals surface area contributed by atoms with Gasteiger partial charge in [-0.25, -0.2) is 4.98 Å². The molecular weight excluding hydrogens is 240 g/mol. The molecule has 17 heavy (non-hydrogen) atoms. The van der Waals surface area contributed by atoms with Crippen molar-refractivity contribution in [1.82, 2.24) is 9.97 Å². The molecule has 0 aromatic carbocycles. The first kappa shape index (κ1) is 11.5. The molecule has 0 saturated heterocycles. The maximum atomic E-state index is 10.8. The standard InChI is InChI=1S/C10H10N4O2S/c1-7(10-12-5-6-17-10)13-8-3-2-4-11-9(8)14(15)16/h2-7,13H,1H3. The molecule has 0 fully saturated rings. The summed E-state index contributed by atoms with van der Waals surface area (Å²) in [6.45, 7) is 1.90. The smallest absolute Gasteiger partial charge is 0.369 e. The van der Waals surface area contributed by atoms with Crippen molar-refractivity contribution >= 4 is 22.8 Å². The molecule has 7 heteroatoms. The van der Waals surface area contributed by atoms with E-state index in [1.807, 2.05) is 12.3 Å². The highest BCUT2D eigenvalue weighted by atomic mass is 32.1. The highest BCUT2D eigenvalue weighted by Crippen LogP contribution is 2.26. The van der Waals surface area contributed by atoms with Gasteiger partial charge in [0.2, 0.25) is 0 Å². The molecule has 1 unspecified atom stereocenters. The van der Waals surface area contributed by atoms with E-state index in [-0.39, 0.29) is 11.9 Å². The lowest BCUT2D eigenvalue weighted by Crippen LogP contribution is -2.08. The molecule has 0 aliphatic carbocycles. The van der Waals surface area contributed by atoms with Crippen molar-refractivity contribution in [2.75, 3.05) is 5.32 Å². The number of rotatable bonds is 4. The van der Waals surface area contributed by atoms with E-state index in [0.29, 0.717) is 5.69 Å². The predicted octanol–water partition coefficient (Wildman–Crippen LogP) is 2.62. The minimum Gasteiger partial charge on any atom is -0.369 e. The Bertz CT molecular complexity index is 515. The molecule has 0 bridgehead atoms. The third-order valence-corrected chi connectivity index (χ3v) is 3.11. The molecule has 0 amide bonds. The Morgan fingerprint density at radius 1 is 1.47 bits per heavy atom. The van der Waals surface area contributed by atoms with Crippen LogP contribution in [0.25, 0.3) is 0 Å². The molecule has 0 aliphatic heterocycles. The summed E-state index contributed by atoms with van der Waals surface area (Å²) in [6, 6.07) is 3.21. The number of nitro groups is 1. The highest BCUT2D eigenvalue weighted by Gasteiger charge is 2.17. The lowest BCUT2D eigenvalue weighted by Gasteiger charge is -2.11. The van der Waals surface area contributed by atoms with Crippen molar-refractivity contribution in [3.63, 3.8) is 0 Å². The normalized spacial score (nSPS) is 12.1. The summed E-state index contributed by atoms with van der Waals surface area (Å²) in [5.74, 6) is -0.170. The van der Waals surface area contributed by atoms with Crippen LogP contribution in [0, 0.1) is 10.1 Å². The van der Waals surface area contributed by atoms with Gasteiger partial charge in [0.15, 0.2) is 0 Å². The molecule has 88 valence electrons. The van der Waals surface area contributed by atoms with Crippen LogP contribution in [0.4, 0.5) is 11.5 Å². The predicted molar refractivity (Wildman–Crippen MR) is 65.0 cm³/mol. The van der Waals surface area contributed by atoms with Gasteiger partial charge >= 0.3 is 5.82 Å². The number of hydrogen-bond donors (Lipinski definition) is 1. The average Bonchev–Trinajstić information content (AvgIpc) is 2.83. The van der Waals surface area contributed by atoms with Crippen LogP contribution in [-0.4, -0.2) is 14.9 Å². The summed E-state index contributed by atoms with van der Waals surface area (Å²) in [4.78, 5) is 18.2. The minimum absolute atomic E-state index is 0.0853. The highest BCUT2D eigenvalue weighted by molar-refractivity contribution is 7.09. The second-order valence-corrected chi connectivity index (χ2v) is 4.29. The maximum Gasteiger partial charge on any atom is 0.386 e. The summed E-state index contributed by atoms with van der Waals surface area (Å²) in [7, 11) is 0. The Morgan fingerprint density at radius 3 is 2.94 bits per heavy atom. The molecule has 2 aromatic rings. The topological polar surface area (TPSA) is 81.0 Å². The van der Waals surface area contributed by atoms with Gasteiger partial charge in [-0.1, -0.05) is 0 Å². The lowest BCUT2D eigenvalue weighted by molar-refractivity contribution is -0.388. The van der Waals surface area contributed by atoms with Crippen molar-refractivity contribution in [3.8, 4) is 0 Å². The molecule has 2 aromatic heterocycles. The van der Waals surface area contributed by atoms with Crippen molar-refractivity contribution in [3.05, 3.63) is 45.0 Å². The van der Waals surface area contributed by atoms with Gasteiger partial charge in [0.25, 0.3) is 0 Å². The monoisotopic (exact) mass is 250 g/mol. The van der Waals surface area contributed by atoms with Gasteiger partial charge < -0.3 is 15.4 Å². The summed E-state index contributed by atoms with van der Waals surface area (Å²) in [5, 5.41) is 16.6. The Hall–Kier alpha value is -2.02. The molecule has 2 rings (SSSR count). The van der Waals surface area contributed by atoms with Crippen LogP contribution in [0.3, 0.4) is 0 Å². The fourth-order valence-electron chi connectivity index (χ4n) is 1.40. The third-order valence-electron chi connectivity index (χ3n) is 2.15. The van der Waals surface area contributed by atoms with E-state index in [1.165, 1.54) is 17.5 Å². The van der Waals surface area contributed by atoms with E-state index in [1.54, 1.807) is 18.3 Å². The Morgan fingerprint density at radius 2 is 2.29 bits per heavy atom. The van der Waals surface area contributed by atoms with Gasteiger partial charge in [-0.3, -0.25) is 0 Å². The third kappa shape index (κ3) is 2.56. The van der Waals surface area contributed by atoms with Crippen LogP contribution in [0.1, 0.15) is 18.0 Å². The van der Waals surface area contributed by atoms with Crippen molar-refractivity contribution in [2.24, 2.45) is 0 Å². The zero-order chi connectivity index (χ0) is 12.3. The van der Waals surface area contributed by atoms with E-state index >= 15 is 0 Å². The number of nitrogens with zero attached hydrogens (tertiary/aromatic N) is 3. The van der Waals surface area contributed by atoms with Crippen molar-refractivity contribution < 1.29 is 4.92 Å². The molecule has 6 nitrogen and oxygen atoms in total. The molecule has 1 atom stereocenters. The fraction of sp³-hybridized carbons (Fsp3) is 0.200. The molecule has 0 radical (unpaired) electrons. The van der Waals surface area contributed by atoms with Crippen LogP contribution in [0.5, 0.6) is 0 Å². The summed E-state index contributed by atoms with van der Waals surface area (Å²) in [5.41, 5.74) is 0.403. The Balaban J connectivity index is 2.21. The van der Waals surface area contributed by atoms with Gasteiger partial charge in [0, 0.05) is 11.6 Å². The second-order valence-electron chi connectivity index (χ2n) is 3.37. The molecular formula is C10H10N4O2S. The van der Waals surface area contributed by atoms with Crippen LogP contribution in [-0.2, 0) is 0 Å². The fourth-order valence-corrected chi connectivity index (χ4v) is 2.04. The molecule has 0 saturated carbocycles. The van der Waals surface area contributed by atoms with E-state index < -0.39 is 4.92 Å². The number of hydrogen-bond acceptors (Lipinski definition) is 6. The molecule has 0 spiro atoms. The van der Waals surface area contributed by atoms with Crippen LogP contribution < -0.4 is 5.32 Å². The van der Waals surface area contributed by atoms with Crippen molar-refractivity contribution in [2.45, 2.75) is 13.0 Å². The Labute approximate surface area is 102 Å². The summed E-state index contributed by atoms with van der Waals surface area (Å²) in [6.07, 6.45) is 3.10. The van der Waals surface area contributed by atoms with Gasteiger partial charge in [0.05, 0.1) is 6.04 Å². The van der Waals surface area contributed by atoms with Crippen molar-refractivity contribution in [1.29, 1.82) is 0 Å². The molecule has 1 N–H and O–H groups in total. The van der Waals surface area contributed by atoms with Gasteiger partial charge in [-0.05, 0) is 29.0 Å². The largest absolute Gasteiger partial charge is 0.386 e. The first-order chi connectivity index (χ1) is 8.18. The first-order valence-electron chi connectivity index (χ1n) is 4.94. The minimum atomic E-state index is -0.503. The van der Waals surface area contributed by atoms with Gasteiger partial charge in [-0.2, -0.15) is 0 Å². The van der Waals surface area contributed by atoms with Gasteiger partial charge in [-0.15, -0.1) is 11.3 Å². The summed E-state index contributed by atoms with van der Waals surface area (Å²) >= 11 is 1.50. The van der Waals surface area contributed by atoms with E-state index in [0.717, 1.165) is 5.01 Å². The zero-order valence-electron chi connectivity index (χ0n) is 9.03. The van der Waals surface area contributed by atoms with Crippen LogP contribution >= 0.6 is 11.3 Å². The number of anilines is 1. The van der Waals surface area contributed by atoms with Gasteiger partial charge in [0.1, 0.15) is 16.9 Å².